The van der Waals surface area contributed by atoms with Crippen molar-refractivity contribution in [2.75, 3.05) is 10.7 Å². The second-order valence-corrected chi connectivity index (χ2v) is 7.43. The highest BCUT2D eigenvalue weighted by atomic mass is 32.1. The summed E-state index contributed by atoms with van der Waals surface area (Å²) >= 11 is 1.27. The summed E-state index contributed by atoms with van der Waals surface area (Å²) in [5.41, 5.74) is 9.72. The zero-order valence-electron chi connectivity index (χ0n) is 15.5. The molecule has 0 bridgehead atoms. The first-order chi connectivity index (χ1) is 13.5. The average Bonchev–Trinajstić information content (AvgIpc) is 3.33. The Morgan fingerprint density at radius 2 is 1.93 bits per heavy atom. The Labute approximate surface area is 166 Å². The summed E-state index contributed by atoms with van der Waals surface area (Å²) < 4.78 is 1.80. The molecule has 0 aliphatic rings. The van der Waals surface area contributed by atoms with Crippen LogP contribution in [0.15, 0.2) is 67.3 Å². The molecule has 0 amide bonds. The lowest BCUT2D eigenvalue weighted by molar-refractivity contribution is 0.104. The lowest BCUT2D eigenvalue weighted by atomic mass is 10.0. The van der Waals surface area contributed by atoms with E-state index in [0.29, 0.717) is 15.6 Å². The number of ketones is 1. The highest BCUT2D eigenvalue weighted by Gasteiger charge is 2.23. The average molecular weight is 389 g/mol. The lowest BCUT2D eigenvalue weighted by Crippen LogP contribution is -2.22. The van der Waals surface area contributed by atoms with Gasteiger partial charge in [-0.2, -0.15) is 0 Å². The van der Waals surface area contributed by atoms with E-state index in [4.69, 9.17) is 5.73 Å². The number of aryl methyl sites for hydroxylation is 2. The molecule has 2 N–H and O–H groups in total. The smallest absolute Gasteiger partial charge is 0.212 e. The van der Waals surface area contributed by atoms with Gasteiger partial charge < -0.3 is 5.73 Å². The normalized spacial score (nSPS) is 10.8. The Morgan fingerprint density at radius 3 is 2.61 bits per heavy atom. The number of nitrogens with zero attached hydrogens (tertiary/aromatic N) is 4. The van der Waals surface area contributed by atoms with E-state index >= 15 is 0 Å². The molecule has 2 heterocycles. The number of nitrogens with two attached hydrogens (primary N) is 1. The van der Waals surface area contributed by atoms with Gasteiger partial charge in [-0.25, -0.2) is 19.7 Å². The summed E-state index contributed by atoms with van der Waals surface area (Å²) in [7, 11) is 0. The quantitative estimate of drug-likeness (QED) is 0.513. The maximum Gasteiger partial charge on any atom is 0.212 e. The monoisotopic (exact) mass is 389 g/mol. The third kappa shape index (κ3) is 3.27. The molecule has 0 unspecified atom stereocenters. The van der Waals surface area contributed by atoms with Gasteiger partial charge in [-0.3, -0.25) is 4.79 Å². The van der Waals surface area contributed by atoms with Crippen molar-refractivity contribution in [2.45, 2.75) is 13.8 Å². The largest absolute Gasteiger partial charge is 0.382 e. The Kier molecular flexibility index (Phi) is 4.67. The van der Waals surface area contributed by atoms with Crippen LogP contribution in [-0.2, 0) is 0 Å². The summed E-state index contributed by atoms with van der Waals surface area (Å²) in [6.07, 6.45) is 5.18. The van der Waals surface area contributed by atoms with Gasteiger partial charge in [0.2, 0.25) is 10.9 Å². The minimum atomic E-state index is -0.114. The first-order valence-corrected chi connectivity index (χ1v) is 9.58. The molecule has 0 spiro atoms. The number of hydrogen-bond acceptors (Lipinski definition) is 6. The standard InChI is InChI=1S/C21H19N5OS/c1-14-8-9-17(15(2)12-14)18(27)19-20(22)24-21(28-19)26(25-11-10-23-13-25)16-6-4-3-5-7-16/h3-13H,22H2,1-2H3. The van der Waals surface area contributed by atoms with Crippen LogP contribution in [0.5, 0.6) is 0 Å². The Morgan fingerprint density at radius 1 is 1.14 bits per heavy atom. The van der Waals surface area contributed by atoms with Crippen molar-refractivity contribution in [3.05, 3.63) is 88.8 Å². The van der Waals surface area contributed by atoms with E-state index < -0.39 is 0 Å². The molecule has 0 aliphatic carbocycles. The zero-order chi connectivity index (χ0) is 19.7. The van der Waals surface area contributed by atoms with Crippen molar-refractivity contribution < 1.29 is 4.79 Å². The minimum absolute atomic E-state index is 0.114. The molecule has 28 heavy (non-hydrogen) atoms. The van der Waals surface area contributed by atoms with Crippen LogP contribution in [0.1, 0.15) is 26.4 Å². The van der Waals surface area contributed by atoms with Gasteiger partial charge in [-0.05, 0) is 31.5 Å². The predicted octanol–water partition coefficient (Wildman–Crippen LogP) is 4.37. The van der Waals surface area contributed by atoms with Gasteiger partial charge in [-0.1, -0.05) is 53.3 Å². The summed E-state index contributed by atoms with van der Waals surface area (Å²) in [6.45, 7) is 3.93. The Hall–Kier alpha value is -3.45. The third-order valence-electron chi connectivity index (χ3n) is 4.38. The second-order valence-electron chi connectivity index (χ2n) is 6.45. The van der Waals surface area contributed by atoms with Crippen molar-refractivity contribution >= 4 is 33.8 Å². The molecule has 2 aromatic carbocycles. The van der Waals surface area contributed by atoms with Crippen LogP contribution >= 0.6 is 11.3 Å². The number of imidazole rings is 1. The van der Waals surface area contributed by atoms with Crippen molar-refractivity contribution in [1.29, 1.82) is 0 Å². The number of carbonyl (C=O) groups is 1. The van der Waals surface area contributed by atoms with Gasteiger partial charge in [0.05, 0.1) is 5.69 Å². The number of aromatic nitrogens is 3. The molecule has 4 rings (SSSR count). The van der Waals surface area contributed by atoms with Crippen molar-refractivity contribution in [3.8, 4) is 0 Å². The van der Waals surface area contributed by atoms with Gasteiger partial charge in [0.15, 0.2) is 0 Å². The number of benzene rings is 2. The molecular formula is C21H19N5OS. The van der Waals surface area contributed by atoms with E-state index in [1.54, 1.807) is 17.2 Å². The minimum Gasteiger partial charge on any atom is -0.382 e. The van der Waals surface area contributed by atoms with Gasteiger partial charge >= 0.3 is 0 Å². The molecule has 2 aromatic heterocycles. The summed E-state index contributed by atoms with van der Waals surface area (Å²) in [6, 6.07) is 15.5. The Bertz CT molecular complexity index is 1120. The molecule has 0 saturated heterocycles. The highest BCUT2D eigenvalue weighted by Crippen LogP contribution is 2.35. The van der Waals surface area contributed by atoms with E-state index in [9.17, 15) is 4.79 Å². The number of anilines is 3. The summed E-state index contributed by atoms with van der Waals surface area (Å²) in [5, 5.41) is 2.46. The van der Waals surface area contributed by atoms with Gasteiger partial charge in [-0.15, -0.1) is 0 Å². The first-order valence-electron chi connectivity index (χ1n) is 8.76. The number of para-hydroxylation sites is 1. The van der Waals surface area contributed by atoms with Crippen LogP contribution in [0.3, 0.4) is 0 Å². The Balaban J connectivity index is 1.78. The SMILES string of the molecule is Cc1ccc(C(=O)c2sc(N(c3ccccc3)n3ccnc3)nc2N)c(C)c1. The number of carbonyl (C=O) groups excluding carboxylic acids is 1. The molecule has 0 atom stereocenters. The maximum absolute atomic E-state index is 13.1. The van der Waals surface area contributed by atoms with E-state index in [-0.39, 0.29) is 11.6 Å². The van der Waals surface area contributed by atoms with Crippen molar-refractivity contribution in [2.24, 2.45) is 0 Å². The van der Waals surface area contributed by atoms with Crippen LogP contribution < -0.4 is 10.7 Å². The number of rotatable bonds is 5. The second kappa shape index (κ2) is 7.28. The fourth-order valence-corrected chi connectivity index (χ4v) is 4.01. The molecule has 0 aliphatic heterocycles. The lowest BCUT2D eigenvalue weighted by Gasteiger charge is -2.22. The van der Waals surface area contributed by atoms with Crippen molar-refractivity contribution in [3.63, 3.8) is 0 Å². The topological polar surface area (TPSA) is 77.0 Å². The first kappa shape index (κ1) is 17.9. The number of hydrogen-bond donors (Lipinski definition) is 1. The maximum atomic E-state index is 13.1. The number of thiazole rings is 1. The van der Waals surface area contributed by atoms with Gasteiger partial charge in [0, 0.05) is 18.0 Å². The molecule has 0 radical (unpaired) electrons. The van der Waals surface area contributed by atoms with E-state index in [2.05, 4.69) is 9.97 Å². The van der Waals surface area contributed by atoms with E-state index in [1.807, 2.05) is 73.6 Å². The molecule has 140 valence electrons. The number of nitrogen functional groups attached to an aromatic ring is 1. The summed E-state index contributed by atoms with van der Waals surface area (Å²) in [4.78, 5) is 22.2. The van der Waals surface area contributed by atoms with Crippen LogP contribution in [0, 0.1) is 13.8 Å². The molecule has 0 fully saturated rings. The van der Waals surface area contributed by atoms with Gasteiger partial charge in [0.25, 0.3) is 0 Å². The molecule has 0 saturated carbocycles. The molecule has 4 aromatic rings. The van der Waals surface area contributed by atoms with Crippen LogP contribution in [-0.4, -0.2) is 20.4 Å². The third-order valence-corrected chi connectivity index (χ3v) is 5.42. The van der Waals surface area contributed by atoms with Crippen LogP contribution in [0.2, 0.25) is 0 Å². The molecule has 6 nitrogen and oxygen atoms in total. The van der Waals surface area contributed by atoms with Crippen molar-refractivity contribution in [1.82, 2.24) is 14.6 Å². The fourth-order valence-electron chi connectivity index (χ4n) is 3.05. The van der Waals surface area contributed by atoms with E-state index in [1.165, 1.54) is 11.3 Å². The molecule has 7 heteroatoms. The van der Waals surface area contributed by atoms with Crippen LogP contribution in [0.4, 0.5) is 16.6 Å². The zero-order valence-corrected chi connectivity index (χ0v) is 16.4. The highest BCUT2D eigenvalue weighted by molar-refractivity contribution is 7.18. The molecular weight excluding hydrogens is 370 g/mol. The van der Waals surface area contributed by atoms with E-state index in [0.717, 1.165) is 16.8 Å². The van der Waals surface area contributed by atoms with Gasteiger partial charge in [0.1, 0.15) is 17.0 Å². The fraction of sp³-hybridized carbons (Fsp3) is 0.0952. The predicted molar refractivity (Wildman–Crippen MR) is 112 cm³/mol. The van der Waals surface area contributed by atoms with Crippen LogP contribution in [0.25, 0.3) is 0 Å². The summed E-state index contributed by atoms with van der Waals surface area (Å²) in [5.74, 6) is 0.114.